The molecule has 6 heteroatoms. The van der Waals surface area contributed by atoms with Gasteiger partial charge in [0.25, 0.3) is 0 Å². The van der Waals surface area contributed by atoms with Crippen LogP contribution in [0.2, 0.25) is 0 Å². The third-order valence-electron chi connectivity index (χ3n) is 3.40. The van der Waals surface area contributed by atoms with Gasteiger partial charge in [0.2, 0.25) is 0 Å². The Bertz CT molecular complexity index is 521. The number of nitrogens with one attached hydrogen (secondary N) is 1. The van der Waals surface area contributed by atoms with Crippen molar-refractivity contribution in [1.29, 1.82) is 0 Å². The number of carbonyl (C=O) groups is 2. The molecule has 1 unspecified atom stereocenters. The van der Waals surface area contributed by atoms with Gasteiger partial charge < -0.3 is 15.0 Å². The van der Waals surface area contributed by atoms with Crippen LogP contribution in [0.25, 0.3) is 0 Å². The molecule has 1 N–H and O–H groups in total. The number of likely N-dealkylation sites (tertiary alicyclic amines) is 1. The monoisotopic (exact) mass is 294 g/mol. The Hall–Kier alpha value is -2.11. The molecule has 1 aliphatic heterocycles. The highest BCUT2D eigenvalue weighted by atomic mass is 19.1. The number of hydrogen-bond acceptors (Lipinski definition) is 3. The Morgan fingerprint density at radius 2 is 2.24 bits per heavy atom. The summed E-state index contributed by atoms with van der Waals surface area (Å²) in [6.45, 7) is 2.51. The van der Waals surface area contributed by atoms with Gasteiger partial charge in [-0.25, -0.2) is 14.0 Å². The van der Waals surface area contributed by atoms with Crippen LogP contribution >= 0.6 is 0 Å². The maximum atomic E-state index is 13.1. The number of rotatable bonds is 3. The topological polar surface area (TPSA) is 58.6 Å². The van der Waals surface area contributed by atoms with Gasteiger partial charge in [-0.3, -0.25) is 0 Å². The van der Waals surface area contributed by atoms with E-state index in [2.05, 4.69) is 5.32 Å². The predicted octanol–water partition coefficient (Wildman–Crippen LogP) is 2.78. The van der Waals surface area contributed by atoms with Crippen LogP contribution in [0.4, 0.5) is 14.9 Å². The van der Waals surface area contributed by atoms with Crippen LogP contribution in [0.5, 0.6) is 0 Å². The van der Waals surface area contributed by atoms with Gasteiger partial charge in [-0.1, -0.05) is 6.07 Å². The van der Waals surface area contributed by atoms with Gasteiger partial charge in [0, 0.05) is 12.2 Å². The number of piperidine rings is 1. The molecule has 1 aromatic rings. The summed E-state index contributed by atoms with van der Waals surface area (Å²) in [4.78, 5) is 25.7. The van der Waals surface area contributed by atoms with E-state index in [0.717, 1.165) is 12.8 Å². The van der Waals surface area contributed by atoms with Crippen LogP contribution in [0.15, 0.2) is 24.3 Å². The number of ether oxygens (including phenoxy) is 1. The van der Waals surface area contributed by atoms with Crippen LogP contribution in [-0.4, -0.2) is 36.1 Å². The second-order valence-electron chi connectivity index (χ2n) is 4.90. The Morgan fingerprint density at radius 1 is 1.43 bits per heavy atom. The highest BCUT2D eigenvalue weighted by Crippen LogP contribution is 2.20. The van der Waals surface area contributed by atoms with E-state index in [-0.39, 0.29) is 12.6 Å². The molecular weight excluding hydrogens is 275 g/mol. The van der Waals surface area contributed by atoms with E-state index in [1.54, 1.807) is 13.0 Å². The maximum absolute atomic E-state index is 13.1. The van der Waals surface area contributed by atoms with Gasteiger partial charge in [0.15, 0.2) is 0 Å². The molecule has 1 aromatic carbocycles. The first-order valence-electron chi connectivity index (χ1n) is 7.11. The summed E-state index contributed by atoms with van der Waals surface area (Å²) in [5.74, 6) is -0.806. The minimum Gasteiger partial charge on any atom is -0.464 e. The predicted molar refractivity (Wildman–Crippen MR) is 76.4 cm³/mol. The number of amides is 2. The molecule has 2 rings (SSSR count). The standard InChI is InChI=1S/C15H19FN2O3/c1-2-21-14(19)13-8-3-4-9-18(13)15(20)17-12-7-5-6-11(16)10-12/h5-7,10,13H,2-4,8-9H2,1H3,(H,17,20). The van der Waals surface area contributed by atoms with Crippen molar-refractivity contribution in [3.8, 4) is 0 Å². The average molecular weight is 294 g/mol. The first-order valence-corrected chi connectivity index (χ1v) is 7.11. The fraction of sp³-hybridized carbons (Fsp3) is 0.467. The number of carbonyl (C=O) groups excluding carboxylic acids is 2. The van der Waals surface area contributed by atoms with Gasteiger partial charge in [-0.05, 0) is 44.4 Å². The van der Waals surface area contributed by atoms with Crippen molar-refractivity contribution < 1.29 is 18.7 Å². The normalized spacial score (nSPS) is 18.2. The summed E-state index contributed by atoms with van der Waals surface area (Å²) in [5.41, 5.74) is 0.369. The van der Waals surface area contributed by atoms with Crippen molar-refractivity contribution in [2.45, 2.75) is 32.2 Å². The zero-order valence-corrected chi connectivity index (χ0v) is 12.0. The molecule has 0 bridgehead atoms. The molecule has 2 amide bonds. The van der Waals surface area contributed by atoms with Gasteiger partial charge in [-0.2, -0.15) is 0 Å². The molecule has 0 radical (unpaired) electrons. The summed E-state index contributed by atoms with van der Waals surface area (Å²) in [6.07, 6.45) is 2.31. The molecule has 5 nitrogen and oxygen atoms in total. The first-order chi connectivity index (χ1) is 10.1. The number of nitrogens with zero attached hydrogens (tertiary/aromatic N) is 1. The maximum Gasteiger partial charge on any atom is 0.328 e. The molecule has 0 aliphatic carbocycles. The Morgan fingerprint density at radius 3 is 2.95 bits per heavy atom. The molecule has 1 aliphatic rings. The van der Waals surface area contributed by atoms with E-state index in [4.69, 9.17) is 4.74 Å². The molecule has 1 atom stereocenters. The van der Waals surface area contributed by atoms with Crippen molar-refractivity contribution in [1.82, 2.24) is 4.90 Å². The number of hydrogen-bond donors (Lipinski definition) is 1. The smallest absolute Gasteiger partial charge is 0.328 e. The number of anilines is 1. The summed E-state index contributed by atoms with van der Waals surface area (Å²) >= 11 is 0. The zero-order valence-electron chi connectivity index (χ0n) is 12.0. The van der Waals surface area contributed by atoms with Gasteiger partial charge in [0.05, 0.1) is 6.61 Å². The summed E-state index contributed by atoms with van der Waals surface area (Å²) in [7, 11) is 0. The fourth-order valence-corrected chi connectivity index (χ4v) is 2.42. The average Bonchev–Trinajstić information content (AvgIpc) is 2.47. The highest BCUT2D eigenvalue weighted by Gasteiger charge is 2.33. The summed E-state index contributed by atoms with van der Waals surface area (Å²) in [5, 5.41) is 2.62. The van der Waals surface area contributed by atoms with E-state index in [1.807, 2.05) is 0 Å². The Labute approximate surface area is 123 Å². The van der Waals surface area contributed by atoms with Crippen LogP contribution in [0.1, 0.15) is 26.2 Å². The molecule has 1 heterocycles. The van der Waals surface area contributed by atoms with E-state index < -0.39 is 17.9 Å². The zero-order chi connectivity index (χ0) is 15.2. The van der Waals surface area contributed by atoms with Gasteiger partial charge in [-0.15, -0.1) is 0 Å². The van der Waals surface area contributed by atoms with Gasteiger partial charge >= 0.3 is 12.0 Å². The lowest BCUT2D eigenvalue weighted by atomic mass is 10.0. The Balaban J connectivity index is 2.06. The molecular formula is C15H19FN2O3. The van der Waals surface area contributed by atoms with E-state index >= 15 is 0 Å². The largest absolute Gasteiger partial charge is 0.464 e. The van der Waals surface area contributed by atoms with E-state index in [1.165, 1.54) is 23.1 Å². The quantitative estimate of drug-likeness (QED) is 0.872. The van der Waals surface area contributed by atoms with Crippen LogP contribution < -0.4 is 5.32 Å². The SMILES string of the molecule is CCOC(=O)C1CCCCN1C(=O)Nc1cccc(F)c1. The van der Waals surface area contributed by atoms with Crippen molar-refractivity contribution in [2.24, 2.45) is 0 Å². The summed E-state index contributed by atoms with van der Waals surface area (Å²) < 4.78 is 18.1. The van der Waals surface area contributed by atoms with E-state index in [0.29, 0.717) is 18.7 Å². The van der Waals surface area contributed by atoms with Crippen molar-refractivity contribution in [2.75, 3.05) is 18.5 Å². The summed E-state index contributed by atoms with van der Waals surface area (Å²) in [6, 6.07) is 4.69. The minimum absolute atomic E-state index is 0.286. The van der Waals surface area contributed by atoms with Crippen LogP contribution in [-0.2, 0) is 9.53 Å². The first kappa shape index (κ1) is 15.3. The number of urea groups is 1. The van der Waals surface area contributed by atoms with Gasteiger partial charge in [0.1, 0.15) is 11.9 Å². The fourth-order valence-electron chi connectivity index (χ4n) is 2.42. The second kappa shape index (κ2) is 7.06. The number of esters is 1. The molecule has 21 heavy (non-hydrogen) atoms. The lowest BCUT2D eigenvalue weighted by molar-refractivity contribution is -0.149. The van der Waals surface area contributed by atoms with Crippen molar-refractivity contribution >= 4 is 17.7 Å². The second-order valence-corrected chi connectivity index (χ2v) is 4.90. The van der Waals surface area contributed by atoms with Crippen LogP contribution in [0.3, 0.4) is 0 Å². The molecule has 0 spiro atoms. The molecule has 1 fully saturated rings. The highest BCUT2D eigenvalue weighted by molar-refractivity contribution is 5.92. The van der Waals surface area contributed by atoms with Crippen LogP contribution in [0, 0.1) is 5.82 Å². The molecule has 1 saturated heterocycles. The van der Waals surface area contributed by atoms with Crippen molar-refractivity contribution in [3.63, 3.8) is 0 Å². The Kier molecular flexibility index (Phi) is 5.14. The van der Waals surface area contributed by atoms with E-state index in [9.17, 15) is 14.0 Å². The number of halogens is 1. The van der Waals surface area contributed by atoms with Crippen molar-refractivity contribution in [3.05, 3.63) is 30.1 Å². The number of benzene rings is 1. The lowest BCUT2D eigenvalue weighted by Gasteiger charge is -2.33. The molecule has 0 aromatic heterocycles. The third kappa shape index (κ3) is 3.93. The minimum atomic E-state index is -0.563. The third-order valence-corrected chi connectivity index (χ3v) is 3.40. The molecule has 114 valence electrons. The molecule has 0 saturated carbocycles. The lowest BCUT2D eigenvalue weighted by Crippen LogP contribution is -2.50.